The third kappa shape index (κ3) is 5.78. The van der Waals surface area contributed by atoms with Crippen LogP contribution in [0.3, 0.4) is 0 Å². The van der Waals surface area contributed by atoms with Gasteiger partial charge in [-0.2, -0.15) is 0 Å². The van der Waals surface area contributed by atoms with Crippen molar-refractivity contribution < 1.29 is 28.6 Å². The van der Waals surface area contributed by atoms with Gasteiger partial charge < -0.3 is 24.0 Å². The van der Waals surface area contributed by atoms with E-state index in [0.29, 0.717) is 10.5 Å². The third-order valence-electron chi connectivity index (χ3n) is 2.46. The van der Waals surface area contributed by atoms with E-state index in [9.17, 15) is 0 Å². The molecular formula is C15H23IN2. The highest BCUT2D eigenvalue weighted by Gasteiger charge is 2.17. The molecule has 1 aromatic rings. The maximum Gasteiger partial charge on any atom is 0.106 e. The lowest BCUT2D eigenvalue weighted by Gasteiger charge is -2.20. The SMILES string of the molecule is C=CCC(C)/C(=N\[N+](C)(C)C)c1ccccc1.[I-]. The van der Waals surface area contributed by atoms with Gasteiger partial charge in [0.05, 0.1) is 21.1 Å². The van der Waals surface area contributed by atoms with Crippen molar-refractivity contribution in [3.05, 3.63) is 48.6 Å². The zero-order valence-electron chi connectivity index (χ0n) is 11.7. The number of rotatable bonds is 5. The van der Waals surface area contributed by atoms with Gasteiger partial charge >= 0.3 is 0 Å². The maximum absolute atomic E-state index is 4.80. The molecule has 100 valence electrons. The third-order valence-corrected chi connectivity index (χ3v) is 2.46. The van der Waals surface area contributed by atoms with Crippen molar-refractivity contribution in [3.8, 4) is 0 Å². The molecule has 1 unspecified atom stereocenters. The van der Waals surface area contributed by atoms with E-state index in [1.807, 2.05) is 12.1 Å². The predicted octanol–water partition coefficient (Wildman–Crippen LogP) is 0.313. The van der Waals surface area contributed by atoms with E-state index in [1.165, 1.54) is 5.56 Å². The second-order valence-corrected chi connectivity index (χ2v) is 5.22. The summed E-state index contributed by atoms with van der Waals surface area (Å²) in [5.74, 6) is 0.396. The second-order valence-electron chi connectivity index (χ2n) is 5.22. The Balaban J connectivity index is 0.00000289. The Hall–Kier alpha value is -0.680. The van der Waals surface area contributed by atoms with Crippen LogP contribution < -0.4 is 24.0 Å². The van der Waals surface area contributed by atoms with Crippen LogP contribution >= 0.6 is 0 Å². The largest absolute Gasteiger partial charge is 1.00 e. The summed E-state index contributed by atoms with van der Waals surface area (Å²) in [5.41, 5.74) is 2.35. The van der Waals surface area contributed by atoms with Crippen molar-refractivity contribution in [2.45, 2.75) is 13.3 Å². The summed E-state index contributed by atoms with van der Waals surface area (Å²) in [6, 6.07) is 10.4. The molecule has 0 amide bonds. The van der Waals surface area contributed by atoms with E-state index in [1.54, 1.807) is 0 Å². The lowest BCUT2D eigenvalue weighted by atomic mass is 9.95. The molecule has 0 heterocycles. The summed E-state index contributed by atoms with van der Waals surface area (Å²) < 4.78 is 0.589. The number of nitrogens with zero attached hydrogens (tertiary/aromatic N) is 2. The fourth-order valence-corrected chi connectivity index (χ4v) is 1.73. The van der Waals surface area contributed by atoms with Gasteiger partial charge in [-0.25, -0.2) is 4.59 Å². The van der Waals surface area contributed by atoms with E-state index in [0.717, 1.165) is 12.1 Å². The normalized spacial score (nSPS) is 13.7. The van der Waals surface area contributed by atoms with Crippen molar-refractivity contribution in [2.24, 2.45) is 11.0 Å². The van der Waals surface area contributed by atoms with Gasteiger partial charge in [0.15, 0.2) is 0 Å². The minimum Gasteiger partial charge on any atom is -1.00 e. The molecule has 0 bridgehead atoms. The van der Waals surface area contributed by atoms with Crippen LogP contribution in [-0.4, -0.2) is 31.4 Å². The highest BCUT2D eigenvalue weighted by Crippen LogP contribution is 2.15. The minimum absolute atomic E-state index is 0. The number of quaternary nitrogens is 1. The Morgan fingerprint density at radius 3 is 2.28 bits per heavy atom. The van der Waals surface area contributed by atoms with E-state index in [-0.39, 0.29) is 24.0 Å². The summed E-state index contributed by atoms with van der Waals surface area (Å²) in [4.78, 5) is 0. The van der Waals surface area contributed by atoms with Gasteiger partial charge in [-0.3, -0.25) is 0 Å². The number of allylic oxidation sites excluding steroid dienone is 1. The zero-order valence-corrected chi connectivity index (χ0v) is 13.9. The smallest absolute Gasteiger partial charge is 0.106 e. The molecule has 0 fully saturated rings. The van der Waals surface area contributed by atoms with Gasteiger partial charge in [-0.1, -0.05) is 48.4 Å². The number of benzene rings is 1. The molecule has 0 aromatic heterocycles. The topological polar surface area (TPSA) is 12.4 Å². The van der Waals surface area contributed by atoms with Crippen LogP contribution in [0.4, 0.5) is 0 Å². The lowest BCUT2D eigenvalue weighted by molar-refractivity contribution is -0.877. The van der Waals surface area contributed by atoms with E-state index in [4.69, 9.17) is 5.10 Å². The predicted molar refractivity (Wildman–Crippen MR) is 75.0 cm³/mol. The molecule has 2 nitrogen and oxygen atoms in total. The Morgan fingerprint density at radius 2 is 1.83 bits per heavy atom. The Kier molecular flexibility index (Phi) is 7.40. The molecule has 0 N–H and O–H groups in total. The summed E-state index contributed by atoms with van der Waals surface area (Å²) in [5, 5.41) is 4.80. The fourth-order valence-electron chi connectivity index (χ4n) is 1.73. The minimum atomic E-state index is 0. The van der Waals surface area contributed by atoms with Gasteiger partial charge in [-0.15, -0.1) is 6.58 Å². The van der Waals surface area contributed by atoms with Gasteiger partial charge in [0, 0.05) is 11.5 Å². The number of hydrogen-bond donors (Lipinski definition) is 0. The summed E-state index contributed by atoms with van der Waals surface area (Å²) >= 11 is 0. The fraction of sp³-hybridized carbons (Fsp3) is 0.400. The molecule has 1 rings (SSSR count). The van der Waals surface area contributed by atoms with Crippen LogP contribution in [0.25, 0.3) is 0 Å². The monoisotopic (exact) mass is 358 g/mol. The number of halogens is 1. The first kappa shape index (κ1) is 17.3. The lowest BCUT2D eigenvalue weighted by Crippen LogP contribution is -3.00. The van der Waals surface area contributed by atoms with Crippen LogP contribution in [0.15, 0.2) is 48.1 Å². The van der Waals surface area contributed by atoms with Crippen molar-refractivity contribution in [3.63, 3.8) is 0 Å². The van der Waals surface area contributed by atoms with Crippen LogP contribution in [0, 0.1) is 5.92 Å². The first-order valence-corrected chi connectivity index (χ1v) is 6.02. The molecule has 0 radical (unpaired) electrons. The Bertz CT molecular complexity index is 391. The Labute approximate surface area is 128 Å². The summed E-state index contributed by atoms with van der Waals surface area (Å²) in [6.45, 7) is 6.01. The van der Waals surface area contributed by atoms with Crippen molar-refractivity contribution in [1.29, 1.82) is 0 Å². The molecule has 0 saturated heterocycles. The van der Waals surface area contributed by atoms with Crippen molar-refractivity contribution in [1.82, 2.24) is 0 Å². The molecule has 1 atom stereocenters. The van der Waals surface area contributed by atoms with Crippen molar-refractivity contribution >= 4 is 5.71 Å². The van der Waals surface area contributed by atoms with E-state index < -0.39 is 0 Å². The quantitative estimate of drug-likeness (QED) is 0.236. The number of hydrogen-bond acceptors (Lipinski definition) is 1. The van der Waals surface area contributed by atoms with E-state index in [2.05, 4.69) is 58.9 Å². The molecule has 0 aliphatic carbocycles. The molecule has 0 aliphatic rings. The van der Waals surface area contributed by atoms with E-state index >= 15 is 0 Å². The van der Waals surface area contributed by atoms with Gasteiger partial charge in [0.1, 0.15) is 5.71 Å². The first-order valence-electron chi connectivity index (χ1n) is 6.02. The standard InChI is InChI=1S/C15H23N2.HI/c1-6-10-13(2)15(16-17(3,4)5)14-11-8-7-9-12-14;/h6-9,11-13H,1,10H2,2-5H3;1H/q+1;/p-1/b16-15+;. The zero-order chi connectivity index (χ0) is 12.9. The summed E-state index contributed by atoms with van der Waals surface area (Å²) in [7, 11) is 6.22. The molecule has 0 spiro atoms. The maximum atomic E-state index is 4.80. The van der Waals surface area contributed by atoms with Crippen molar-refractivity contribution in [2.75, 3.05) is 21.1 Å². The van der Waals surface area contributed by atoms with Gasteiger partial charge in [-0.05, 0) is 6.42 Å². The molecule has 3 heteroatoms. The molecular weight excluding hydrogens is 335 g/mol. The average Bonchev–Trinajstić information content (AvgIpc) is 2.26. The highest BCUT2D eigenvalue weighted by molar-refractivity contribution is 6.01. The van der Waals surface area contributed by atoms with Crippen LogP contribution in [0.1, 0.15) is 18.9 Å². The Morgan fingerprint density at radius 1 is 1.28 bits per heavy atom. The molecule has 0 saturated carbocycles. The first-order chi connectivity index (χ1) is 7.94. The van der Waals surface area contributed by atoms with Crippen LogP contribution in [0.5, 0.6) is 0 Å². The summed E-state index contributed by atoms with van der Waals surface area (Å²) in [6.07, 6.45) is 2.91. The van der Waals surface area contributed by atoms with Gasteiger partial charge in [0.2, 0.25) is 0 Å². The van der Waals surface area contributed by atoms with Crippen LogP contribution in [-0.2, 0) is 0 Å². The average molecular weight is 358 g/mol. The molecule has 18 heavy (non-hydrogen) atoms. The van der Waals surface area contributed by atoms with Crippen LogP contribution in [0.2, 0.25) is 0 Å². The molecule has 0 aliphatic heterocycles. The second kappa shape index (κ2) is 7.69. The highest BCUT2D eigenvalue weighted by atomic mass is 127. The van der Waals surface area contributed by atoms with Gasteiger partial charge in [0.25, 0.3) is 0 Å². The molecule has 1 aromatic carbocycles.